The van der Waals surface area contributed by atoms with Gasteiger partial charge in [-0.05, 0) is 47.2 Å². The lowest BCUT2D eigenvalue weighted by atomic mass is 9.85. The summed E-state index contributed by atoms with van der Waals surface area (Å²) in [6.45, 7) is 5.03. The number of hydroxylamine groups is 2. The summed E-state index contributed by atoms with van der Waals surface area (Å²) in [6, 6.07) is 7.08. The Morgan fingerprint density at radius 1 is 0.969 bits per heavy atom. The minimum absolute atomic E-state index is 0.101. The van der Waals surface area contributed by atoms with E-state index in [1.165, 1.54) is 27.1 Å². The van der Waals surface area contributed by atoms with Crippen LogP contribution < -0.4 is 0 Å². The third kappa shape index (κ3) is 4.47. The van der Waals surface area contributed by atoms with Gasteiger partial charge in [-0.25, -0.2) is 5.06 Å². The van der Waals surface area contributed by atoms with Crippen LogP contribution in [0.3, 0.4) is 0 Å². The van der Waals surface area contributed by atoms with E-state index in [9.17, 15) is 36.2 Å². The molecule has 1 N–H and O–H groups in total. The summed E-state index contributed by atoms with van der Waals surface area (Å²) in [6.07, 6.45) is -11.9. The maximum Gasteiger partial charge on any atom is 0.430 e. The third-order valence-electron chi connectivity index (χ3n) is 5.24. The highest BCUT2D eigenvalue weighted by Gasteiger charge is 2.71. The van der Waals surface area contributed by atoms with Gasteiger partial charge in [-0.1, -0.05) is 38.1 Å². The average Bonchev–Trinajstić information content (AvgIpc) is 2.69. The van der Waals surface area contributed by atoms with Crippen molar-refractivity contribution in [1.29, 1.82) is 0 Å². The third-order valence-corrected chi connectivity index (χ3v) is 5.24. The first-order valence-electron chi connectivity index (χ1n) is 9.49. The second kappa shape index (κ2) is 8.74. The molecule has 0 heterocycles. The van der Waals surface area contributed by atoms with Crippen LogP contribution >= 0.6 is 0 Å². The minimum Gasteiger partial charge on any atom is -0.369 e. The average molecular weight is 463 g/mol. The summed E-state index contributed by atoms with van der Waals surface area (Å²) in [7, 11) is 2.75. The van der Waals surface area contributed by atoms with Crippen LogP contribution in [0.25, 0.3) is 11.1 Å². The predicted molar refractivity (Wildman–Crippen MR) is 106 cm³/mol. The second-order valence-corrected chi connectivity index (χ2v) is 7.68. The topological polar surface area (TPSA) is 49.8 Å². The summed E-state index contributed by atoms with van der Waals surface area (Å²) in [5.74, 6) is -0.541. The largest absolute Gasteiger partial charge is 0.430 e. The summed E-state index contributed by atoms with van der Waals surface area (Å²) in [4.78, 5) is 17.2. The SMILES string of the molecule is CON(C)C(=O)c1ccc(-c2ccc(C(O)(C(F)(F)F)C(F)(F)F)cc2C)c(C(C)C)c1. The number of aryl methyl sites for hydroxylation is 1. The van der Waals surface area contributed by atoms with Gasteiger partial charge in [-0.3, -0.25) is 9.63 Å². The van der Waals surface area contributed by atoms with Gasteiger partial charge in [0, 0.05) is 18.2 Å². The molecule has 2 aromatic carbocycles. The van der Waals surface area contributed by atoms with Crippen LogP contribution in [0.4, 0.5) is 26.3 Å². The van der Waals surface area contributed by atoms with Crippen molar-refractivity contribution < 1.29 is 41.1 Å². The number of amides is 1. The molecule has 0 atom stereocenters. The molecule has 0 aliphatic rings. The number of hydrogen-bond acceptors (Lipinski definition) is 3. The Kier molecular flexibility index (Phi) is 7.01. The van der Waals surface area contributed by atoms with E-state index < -0.39 is 29.4 Å². The molecular weight excluding hydrogens is 440 g/mol. The first-order chi connectivity index (χ1) is 14.6. The maximum absolute atomic E-state index is 13.2. The zero-order chi connectivity index (χ0) is 24.6. The molecule has 0 aliphatic heterocycles. The first kappa shape index (κ1) is 25.7. The summed E-state index contributed by atoms with van der Waals surface area (Å²) >= 11 is 0. The number of aliphatic hydroxyl groups is 1. The van der Waals surface area contributed by atoms with Gasteiger partial charge in [0.25, 0.3) is 11.5 Å². The molecule has 176 valence electrons. The standard InChI is InChI=1S/C22H23F6NO3/c1-12(2)18-11-14(19(30)29(4)32-5)6-8-17(18)16-9-7-15(10-13(16)3)20(31,21(23,24)25)22(26,27)28/h6-12,31H,1-5H3. The Balaban J connectivity index is 2.64. The number of rotatable bonds is 5. The lowest BCUT2D eigenvalue weighted by molar-refractivity contribution is -0.376. The van der Waals surface area contributed by atoms with Gasteiger partial charge in [0.05, 0.1) is 7.11 Å². The van der Waals surface area contributed by atoms with Crippen molar-refractivity contribution in [2.75, 3.05) is 14.2 Å². The molecule has 0 aromatic heterocycles. The molecule has 0 unspecified atom stereocenters. The maximum atomic E-state index is 13.2. The van der Waals surface area contributed by atoms with E-state index in [0.29, 0.717) is 34.4 Å². The molecule has 1 amide bonds. The van der Waals surface area contributed by atoms with Crippen molar-refractivity contribution in [2.24, 2.45) is 0 Å². The minimum atomic E-state index is -5.96. The zero-order valence-electron chi connectivity index (χ0n) is 18.0. The molecule has 10 heteroatoms. The zero-order valence-corrected chi connectivity index (χ0v) is 18.0. The molecule has 0 saturated carbocycles. The first-order valence-corrected chi connectivity index (χ1v) is 9.49. The van der Waals surface area contributed by atoms with Crippen molar-refractivity contribution in [2.45, 2.75) is 44.6 Å². The van der Waals surface area contributed by atoms with Crippen LogP contribution in [0.15, 0.2) is 36.4 Å². The van der Waals surface area contributed by atoms with Gasteiger partial charge in [0.1, 0.15) is 0 Å². The van der Waals surface area contributed by atoms with Gasteiger partial charge in [0.15, 0.2) is 0 Å². The van der Waals surface area contributed by atoms with Crippen molar-refractivity contribution in [3.05, 3.63) is 58.7 Å². The number of alkyl halides is 6. The fourth-order valence-corrected chi connectivity index (χ4v) is 3.36. The highest BCUT2D eigenvalue weighted by atomic mass is 19.4. The molecule has 0 aliphatic carbocycles. The van der Waals surface area contributed by atoms with E-state index in [4.69, 9.17) is 4.84 Å². The predicted octanol–water partition coefficient (Wildman–Crippen LogP) is 5.73. The normalized spacial score (nSPS) is 12.9. The lowest BCUT2D eigenvalue weighted by Gasteiger charge is -2.33. The Bertz CT molecular complexity index is 984. The van der Waals surface area contributed by atoms with Gasteiger partial charge < -0.3 is 5.11 Å². The van der Waals surface area contributed by atoms with Crippen molar-refractivity contribution in [1.82, 2.24) is 5.06 Å². The van der Waals surface area contributed by atoms with Crippen molar-refractivity contribution in [3.63, 3.8) is 0 Å². The molecule has 0 spiro atoms. The van der Waals surface area contributed by atoms with E-state index in [1.54, 1.807) is 12.1 Å². The fraction of sp³-hybridized carbons (Fsp3) is 0.409. The van der Waals surface area contributed by atoms with Crippen LogP contribution in [-0.2, 0) is 10.4 Å². The van der Waals surface area contributed by atoms with Crippen LogP contribution in [0.5, 0.6) is 0 Å². The van der Waals surface area contributed by atoms with Gasteiger partial charge >= 0.3 is 12.4 Å². The molecule has 2 aromatic rings. The summed E-state index contributed by atoms with van der Waals surface area (Å²) in [5.41, 5.74) is -4.32. The lowest BCUT2D eigenvalue weighted by Crippen LogP contribution is -2.53. The monoisotopic (exact) mass is 463 g/mol. The van der Waals surface area contributed by atoms with Crippen LogP contribution in [-0.4, -0.2) is 42.6 Å². The number of hydrogen-bond donors (Lipinski definition) is 1. The van der Waals surface area contributed by atoms with E-state index in [-0.39, 0.29) is 11.5 Å². The molecule has 4 nitrogen and oxygen atoms in total. The Hall–Kier alpha value is -2.59. The molecule has 2 rings (SSSR count). The van der Waals surface area contributed by atoms with Gasteiger partial charge in [-0.2, -0.15) is 26.3 Å². The van der Waals surface area contributed by atoms with Crippen LogP contribution in [0.2, 0.25) is 0 Å². The number of benzene rings is 2. The Morgan fingerprint density at radius 2 is 1.50 bits per heavy atom. The van der Waals surface area contributed by atoms with Crippen LogP contribution in [0, 0.1) is 6.92 Å². The number of carbonyl (C=O) groups is 1. The van der Waals surface area contributed by atoms with E-state index in [0.717, 1.165) is 11.1 Å². The van der Waals surface area contributed by atoms with E-state index in [1.807, 2.05) is 13.8 Å². The van der Waals surface area contributed by atoms with E-state index in [2.05, 4.69) is 0 Å². The Labute approximate surface area is 181 Å². The van der Waals surface area contributed by atoms with Gasteiger partial charge in [0.2, 0.25) is 0 Å². The quantitative estimate of drug-likeness (QED) is 0.455. The summed E-state index contributed by atoms with van der Waals surface area (Å²) < 4.78 is 79.3. The van der Waals surface area contributed by atoms with Crippen molar-refractivity contribution in [3.8, 4) is 11.1 Å². The second-order valence-electron chi connectivity index (χ2n) is 7.68. The van der Waals surface area contributed by atoms with Gasteiger partial charge in [-0.15, -0.1) is 0 Å². The molecule has 0 fully saturated rings. The molecule has 0 saturated heterocycles. The summed E-state index contributed by atoms with van der Waals surface area (Å²) in [5, 5.41) is 10.7. The van der Waals surface area contributed by atoms with E-state index >= 15 is 0 Å². The molecule has 0 radical (unpaired) electrons. The molecule has 32 heavy (non-hydrogen) atoms. The Morgan fingerprint density at radius 3 is 1.94 bits per heavy atom. The molecule has 0 bridgehead atoms. The van der Waals surface area contributed by atoms with Crippen molar-refractivity contribution >= 4 is 5.91 Å². The highest BCUT2D eigenvalue weighted by molar-refractivity contribution is 5.94. The van der Waals surface area contributed by atoms with Crippen LogP contribution in [0.1, 0.15) is 46.8 Å². The number of nitrogens with zero attached hydrogens (tertiary/aromatic N) is 1. The fourth-order valence-electron chi connectivity index (χ4n) is 3.36. The highest BCUT2D eigenvalue weighted by Crippen LogP contribution is 2.50. The smallest absolute Gasteiger partial charge is 0.369 e. The number of carbonyl (C=O) groups excluding carboxylic acids is 1. The molecular formula is C22H23F6NO3. The number of halogens is 6.